The number of aromatic nitrogens is 4. The van der Waals surface area contributed by atoms with Gasteiger partial charge in [-0.25, -0.2) is 4.68 Å². The maximum absolute atomic E-state index is 13.6. The van der Waals surface area contributed by atoms with Gasteiger partial charge in [0, 0.05) is 41.6 Å². The van der Waals surface area contributed by atoms with Crippen molar-refractivity contribution in [2.45, 2.75) is 6.18 Å². The number of benzene rings is 1. The highest BCUT2D eigenvalue weighted by Crippen LogP contribution is 2.34. The van der Waals surface area contributed by atoms with Gasteiger partial charge in [0.25, 0.3) is 5.91 Å². The number of hydrogen-bond donors (Lipinski definition) is 1. The Morgan fingerprint density at radius 3 is 2.30 bits per heavy atom. The normalized spacial score (nSPS) is 11.3. The first-order valence-corrected chi connectivity index (χ1v) is 8.81. The summed E-state index contributed by atoms with van der Waals surface area (Å²) in [6, 6.07) is 13.3. The van der Waals surface area contributed by atoms with E-state index in [0.29, 0.717) is 16.8 Å². The molecule has 0 atom stereocenters. The van der Waals surface area contributed by atoms with Crippen molar-refractivity contribution in [3.63, 3.8) is 0 Å². The zero-order valence-corrected chi connectivity index (χ0v) is 15.3. The number of hydrogen-bond acceptors (Lipinski definition) is 4. The topological polar surface area (TPSA) is 72.7 Å². The zero-order valence-electron chi connectivity index (χ0n) is 15.3. The smallest absolute Gasteiger partial charge is 0.322 e. The van der Waals surface area contributed by atoms with Crippen LogP contribution in [0.1, 0.15) is 16.1 Å². The lowest BCUT2D eigenvalue weighted by Gasteiger charge is -2.11. The highest BCUT2D eigenvalue weighted by atomic mass is 19.4. The van der Waals surface area contributed by atoms with Crippen molar-refractivity contribution in [2.75, 3.05) is 5.32 Å². The molecule has 0 aliphatic carbocycles. The molecule has 4 aromatic rings. The summed E-state index contributed by atoms with van der Waals surface area (Å²) in [5, 5.41) is 6.80. The van der Waals surface area contributed by atoms with Crippen LogP contribution >= 0.6 is 0 Å². The Hall–Kier alpha value is -4.01. The number of alkyl halides is 3. The van der Waals surface area contributed by atoms with Gasteiger partial charge in [-0.05, 0) is 54.6 Å². The van der Waals surface area contributed by atoms with E-state index in [0.717, 1.165) is 10.7 Å². The molecule has 3 aromatic heterocycles. The average Bonchev–Trinajstić information content (AvgIpc) is 3.22. The van der Waals surface area contributed by atoms with E-state index < -0.39 is 11.9 Å². The fraction of sp³-hybridized carbons (Fsp3) is 0.0476. The van der Waals surface area contributed by atoms with E-state index in [4.69, 9.17) is 0 Å². The minimum atomic E-state index is -4.60. The number of rotatable bonds is 4. The molecule has 0 aliphatic rings. The van der Waals surface area contributed by atoms with Crippen LogP contribution in [-0.2, 0) is 6.18 Å². The molecule has 0 aliphatic heterocycles. The Morgan fingerprint density at radius 2 is 1.67 bits per heavy atom. The highest BCUT2D eigenvalue weighted by molar-refractivity contribution is 6.04. The molecule has 0 fully saturated rings. The Labute approximate surface area is 169 Å². The lowest BCUT2D eigenvalue weighted by molar-refractivity contribution is -0.142. The number of amides is 1. The van der Waals surface area contributed by atoms with Crippen molar-refractivity contribution in [1.29, 1.82) is 0 Å². The molecule has 0 radical (unpaired) electrons. The number of halogens is 3. The number of nitrogens with zero attached hydrogens (tertiary/aromatic N) is 4. The van der Waals surface area contributed by atoms with Gasteiger partial charge in [0.1, 0.15) is 5.69 Å². The highest BCUT2D eigenvalue weighted by Gasteiger charge is 2.36. The van der Waals surface area contributed by atoms with E-state index >= 15 is 0 Å². The quantitative estimate of drug-likeness (QED) is 0.535. The molecule has 30 heavy (non-hydrogen) atoms. The van der Waals surface area contributed by atoms with Crippen LogP contribution in [0.4, 0.5) is 18.9 Å². The fourth-order valence-electron chi connectivity index (χ4n) is 2.83. The summed E-state index contributed by atoms with van der Waals surface area (Å²) in [5.41, 5.74) is 0.790. The molecule has 6 nitrogen and oxygen atoms in total. The molecule has 3 heterocycles. The summed E-state index contributed by atoms with van der Waals surface area (Å²) in [6.45, 7) is 0. The van der Waals surface area contributed by atoms with Crippen molar-refractivity contribution in [3.05, 3.63) is 90.6 Å². The van der Waals surface area contributed by atoms with Crippen LogP contribution in [0.25, 0.3) is 16.9 Å². The number of nitrogens with one attached hydrogen (secondary N) is 1. The number of carbonyl (C=O) groups is 1. The van der Waals surface area contributed by atoms with Gasteiger partial charge < -0.3 is 5.32 Å². The minimum absolute atomic E-state index is 0.158. The molecule has 1 N–H and O–H groups in total. The van der Waals surface area contributed by atoms with Gasteiger partial charge in [0.15, 0.2) is 0 Å². The Kier molecular flexibility index (Phi) is 5.01. The maximum Gasteiger partial charge on any atom is 0.433 e. The molecule has 4 rings (SSSR count). The summed E-state index contributed by atoms with van der Waals surface area (Å²) in [6.07, 6.45) is 1.37. The molecule has 1 aromatic carbocycles. The predicted molar refractivity (Wildman–Crippen MR) is 104 cm³/mol. The molecule has 0 bridgehead atoms. The monoisotopic (exact) mass is 409 g/mol. The molecule has 1 amide bonds. The van der Waals surface area contributed by atoms with Crippen LogP contribution in [0.3, 0.4) is 0 Å². The van der Waals surface area contributed by atoms with E-state index in [1.165, 1.54) is 49.1 Å². The van der Waals surface area contributed by atoms with E-state index in [1.54, 1.807) is 24.3 Å². The van der Waals surface area contributed by atoms with Crippen LogP contribution in [-0.4, -0.2) is 25.7 Å². The summed E-state index contributed by atoms with van der Waals surface area (Å²) in [5.74, 6) is -0.348. The molecule has 0 saturated heterocycles. The molecule has 0 saturated carbocycles. The van der Waals surface area contributed by atoms with Crippen molar-refractivity contribution in [2.24, 2.45) is 0 Å². The van der Waals surface area contributed by atoms with Gasteiger partial charge >= 0.3 is 6.18 Å². The molecular formula is C21H14F3N5O. The Balaban J connectivity index is 1.64. The second-order valence-electron chi connectivity index (χ2n) is 6.30. The van der Waals surface area contributed by atoms with E-state index in [-0.39, 0.29) is 17.3 Å². The first-order chi connectivity index (χ1) is 14.4. The SMILES string of the molecule is O=C(Nc1ccc(-n2nc(-c3cccnc3)cc2C(F)(F)F)cc1)c1ccncc1. The third-order valence-corrected chi connectivity index (χ3v) is 4.27. The Morgan fingerprint density at radius 1 is 0.933 bits per heavy atom. The molecule has 0 unspecified atom stereocenters. The third-order valence-electron chi connectivity index (χ3n) is 4.27. The maximum atomic E-state index is 13.6. The van der Waals surface area contributed by atoms with Crippen molar-refractivity contribution >= 4 is 11.6 Å². The first-order valence-electron chi connectivity index (χ1n) is 8.81. The van der Waals surface area contributed by atoms with Gasteiger partial charge in [-0.2, -0.15) is 18.3 Å². The van der Waals surface area contributed by atoms with Gasteiger partial charge in [-0.3, -0.25) is 14.8 Å². The van der Waals surface area contributed by atoms with Crippen LogP contribution in [0.2, 0.25) is 0 Å². The summed E-state index contributed by atoms with van der Waals surface area (Å²) < 4.78 is 41.5. The third kappa shape index (κ3) is 4.04. The van der Waals surface area contributed by atoms with Gasteiger partial charge in [-0.1, -0.05) is 0 Å². The summed E-state index contributed by atoms with van der Waals surface area (Å²) >= 11 is 0. The van der Waals surface area contributed by atoms with E-state index in [9.17, 15) is 18.0 Å². The second kappa shape index (κ2) is 7.78. The fourth-order valence-corrected chi connectivity index (χ4v) is 2.83. The summed E-state index contributed by atoms with van der Waals surface area (Å²) in [4.78, 5) is 20.0. The largest absolute Gasteiger partial charge is 0.433 e. The molecule has 0 spiro atoms. The lowest BCUT2D eigenvalue weighted by atomic mass is 10.2. The average molecular weight is 409 g/mol. The van der Waals surface area contributed by atoms with E-state index in [1.807, 2.05) is 0 Å². The van der Waals surface area contributed by atoms with Crippen LogP contribution in [0.15, 0.2) is 79.4 Å². The molecular weight excluding hydrogens is 395 g/mol. The lowest BCUT2D eigenvalue weighted by Crippen LogP contribution is -2.14. The minimum Gasteiger partial charge on any atom is -0.322 e. The van der Waals surface area contributed by atoms with Gasteiger partial charge in [0.05, 0.1) is 11.4 Å². The number of carbonyl (C=O) groups excluding carboxylic acids is 1. The molecule has 9 heteroatoms. The standard InChI is InChI=1S/C21H14F3N5O/c22-21(23,24)19-12-18(15-2-1-9-26-13-15)28-29(19)17-5-3-16(4-6-17)27-20(30)14-7-10-25-11-8-14/h1-13H,(H,27,30). The van der Waals surface area contributed by atoms with Gasteiger partial charge in [0.2, 0.25) is 0 Å². The van der Waals surface area contributed by atoms with Crippen molar-refractivity contribution < 1.29 is 18.0 Å². The van der Waals surface area contributed by atoms with Crippen molar-refractivity contribution in [3.8, 4) is 16.9 Å². The molecule has 150 valence electrons. The number of anilines is 1. The van der Waals surface area contributed by atoms with E-state index in [2.05, 4.69) is 20.4 Å². The van der Waals surface area contributed by atoms with Crippen molar-refractivity contribution in [1.82, 2.24) is 19.7 Å². The first kappa shape index (κ1) is 19.3. The second-order valence-corrected chi connectivity index (χ2v) is 6.30. The summed E-state index contributed by atoms with van der Waals surface area (Å²) in [7, 11) is 0. The predicted octanol–water partition coefficient (Wildman–Crippen LogP) is 4.60. The van der Waals surface area contributed by atoms with Crippen LogP contribution in [0, 0.1) is 0 Å². The Bertz CT molecular complexity index is 1160. The van der Waals surface area contributed by atoms with Crippen LogP contribution < -0.4 is 5.32 Å². The van der Waals surface area contributed by atoms with Crippen LogP contribution in [0.5, 0.6) is 0 Å². The van der Waals surface area contributed by atoms with Gasteiger partial charge in [-0.15, -0.1) is 0 Å². The zero-order chi connectivity index (χ0) is 21.1. The number of pyridine rings is 2.